The number of hydrogen-bond acceptors (Lipinski definition) is 5. The molecular formula is C25H17ClFN3O2S. The van der Waals surface area contributed by atoms with Crippen LogP contribution in [0.15, 0.2) is 77.3 Å². The number of hydrogen-bond donors (Lipinski definition) is 0. The Labute approximate surface area is 198 Å². The van der Waals surface area contributed by atoms with E-state index in [1.807, 2.05) is 36.4 Å². The summed E-state index contributed by atoms with van der Waals surface area (Å²) in [4.78, 5) is 19.9. The van der Waals surface area contributed by atoms with Crippen molar-refractivity contribution in [2.75, 3.05) is 4.90 Å². The molecule has 0 saturated heterocycles. The highest BCUT2D eigenvalue weighted by atomic mass is 35.5. The third kappa shape index (κ3) is 4.01. The summed E-state index contributed by atoms with van der Waals surface area (Å²) in [6.07, 6.45) is 0. The van der Waals surface area contributed by atoms with E-state index in [2.05, 4.69) is 10.1 Å². The lowest BCUT2D eigenvalue weighted by Crippen LogP contribution is -2.31. The normalized spacial score (nSPS) is 11.1. The van der Waals surface area contributed by atoms with Crippen LogP contribution < -0.4 is 4.90 Å². The molecule has 2 heterocycles. The van der Waals surface area contributed by atoms with Gasteiger partial charge in [-0.2, -0.15) is 0 Å². The quantitative estimate of drug-likeness (QED) is 0.276. The Morgan fingerprint density at radius 3 is 2.58 bits per heavy atom. The average Bonchev–Trinajstić information content (AvgIpc) is 3.42. The van der Waals surface area contributed by atoms with Crippen LogP contribution in [0.1, 0.15) is 21.7 Å². The summed E-state index contributed by atoms with van der Waals surface area (Å²) in [6, 6.07) is 21.4. The highest BCUT2D eigenvalue weighted by molar-refractivity contribution is 7.22. The van der Waals surface area contributed by atoms with Crippen LogP contribution in [0.25, 0.3) is 21.5 Å². The van der Waals surface area contributed by atoms with E-state index in [1.165, 1.54) is 22.3 Å². The molecule has 0 fully saturated rings. The van der Waals surface area contributed by atoms with Crippen molar-refractivity contribution in [2.24, 2.45) is 0 Å². The summed E-state index contributed by atoms with van der Waals surface area (Å²) >= 11 is 7.64. The molecule has 3 aromatic carbocycles. The SMILES string of the molecule is Cc1onc(-c2ccccc2Cl)c1C(=O)N(Cc1ccccc1)c1nc2c(F)cccc2s1. The molecule has 8 heteroatoms. The molecule has 1 amide bonds. The van der Waals surface area contributed by atoms with Crippen LogP contribution in [0.3, 0.4) is 0 Å². The van der Waals surface area contributed by atoms with Crippen LogP contribution in [0.2, 0.25) is 5.02 Å². The number of anilines is 1. The van der Waals surface area contributed by atoms with E-state index in [4.69, 9.17) is 16.1 Å². The fraction of sp³-hybridized carbons (Fsp3) is 0.0800. The van der Waals surface area contributed by atoms with E-state index in [1.54, 1.807) is 37.3 Å². The second-order valence-corrected chi connectivity index (χ2v) is 8.82. The number of nitrogens with zero attached hydrogens (tertiary/aromatic N) is 3. The van der Waals surface area contributed by atoms with Gasteiger partial charge in [0, 0.05) is 5.56 Å². The zero-order valence-corrected chi connectivity index (χ0v) is 19.0. The maximum absolute atomic E-state index is 14.4. The predicted octanol–water partition coefficient (Wildman–Crippen LogP) is 6.90. The molecule has 0 aliphatic heterocycles. The lowest BCUT2D eigenvalue weighted by Gasteiger charge is -2.20. The minimum atomic E-state index is -0.431. The molecule has 0 N–H and O–H groups in total. The van der Waals surface area contributed by atoms with Gasteiger partial charge in [0.15, 0.2) is 5.13 Å². The van der Waals surface area contributed by atoms with Gasteiger partial charge in [-0.25, -0.2) is 9.37 Å². The average molecular weight is 478 g/mol. The van der Waals surface area contributed by atoms with Crippen molar-refractivity contribution < 1.29 is 13.7 Å². The minimum Gasteiger partial charge on any atom is -0.360 e. The Bertz CT molecular complexity index is 1470. The van der Waals surface area contributed by atoms with Crippen LogP contribution in [0.4, 0.5) is 9.52 Å². The molecule has 5 aromatic rings. The Hall–Kier alpha value is -3.55. The van der Waals surface area contributed by atoms with E-state index in [0.29, 0.717) is 37.4 Å². The maximum atomic E-state index is 14.4. The zero-order valence-electron chi connectivity index (χ0n) is 17.5. The van der Waals surface area contributed by atoms with Gasteiger partial charge in [0.25, 0.3) is 5.91 Å². The maximum Gasteiger partial charge on any atom is 0.266 e. The first-order valence-electron chi connectivity index (χ1n) is 10.1. The lowest BCUT2D eigenvalue weighted by atomic mass is 10.0. The van der Waals surface area contributed by atoms with E-state index < -0.39 is 5.82 Å². The highest BCUT2D eigenvalue weighted by Gasteiger charge is 2.30. The monoisotopic (exact) mass is 477 g/mol. The molecular weight excluding hydrogens is 461 g/mol. The Morgan fingerprint density at radius 1 is 1.06 bits per heavy atom. The fourth-order valence-electron chi connectivity index (χ4n) is 3.61. The molecule has 5 rings (SSSR count). The van der Waals surface area contributed by atoms with Crippen molar-refractivity contribution in [2.45, 2.75) is 13.5 Å². The summed E-state index contributed by atoms with van der Waals surface area (Å²) in [5.41, 5.74) is 2.37. The number of aromatic nitrogens is 2. The van der Waals surface area contributed by atoms with Gasteiger partial charge in [0.05, 0.1) is 16.3 Å². The fourth-order valence-corrected chi connectivity index (χ4v) is 4.81. The van der Waals surface area contributed by atoms with Crippen LogP contribution >= 0.6 is 22.9 Å². The van der Waals surface area contributed by atoms with Crippen molar-refractivity contribution >= 4 is 44.2 Å². The van der Waals surface area contributed by atoms with Gasteiger partial charge < -0.3 is 4.52 Å². The summed E-state index contributed by atoms with van der Waals surface area (Å²) in [5, 5.41) is 4.96. The second-order valence-electron chi connectivity index (χ2n) is 7.40. The Balaban J connectivity index is 1.64. The van der Waals surface area contributed by atoms with Crippen molar-refractivity contribution in [1.82, 2.24) is 10.1 Å². The van der Waals surface area contributed by atoms with Crippen LogP contribution in [0.5, 0.6) is 0 Å². The molecule has 164 valence electrons. The molecule has 0 aliphatic carbocycles. The number of halogens is 2. The molecule has 0 radical (unpaired) electrons. The minimum absolute atomic E-state index is 0.233. The van der Waals surface area contributed by atoms with Crippen molar-refractivity contribution in [3.05, 3.63) is 101 Å². The van der Waals surface area contributed by atoms with E-state index in [0.717, 1.165) is 5.56 Å². The lowest BCUT2D eigenvalue weighted by molar-refractivity contribution is 0.0984. The van der Waals surface area contributed by atoms with Gasteiger partial charge in [-0.15, -0.1) is 0 Å². The number of thiazole rings is 1. The first kappa shape index (κ1) is 21.3. The number of carbonyl (C=O) groups is 1. The van der Waals surface area contributed by atoms with Gasteiger partial charge in [-0.3, -0.25) is 9.69 Å². The topological polar surface area (TPSA) is 59.2 Å². The molecule has 0 atom stereocenters. The number of fused-ring (bicyclic) bond motifs is 1. The molecule has 5 nitrogen and oxygen atoms in total. The van der Waals surface area contributed by atoms with Crippen molar-refractivity contribution in [1.29, 1.82) is 0 Å². The van der Waals surface area contributed by atoms with Gasteiger partial charge >= 0.3 is 0 Å². The van der Waals surface area contributed by atoms with Crippen molar-refractivity contribution in [3.8, 4) is 11.3 Å². The molecule has 0 bridgehead atoms. The molecule has 0 spiro atoms. The standard InChI is InChI=1S/C25H17ClFN3O2S/c1-15-21(22(29-32-15)17-10-5-6-11-18(17)26)24(31)30(14-16-8-3-2-4-9-16)25-28-23-19(27)12-7-13-20(23)33-25/h2-13H,14H2,1H3. The van der Waals surface area contributed by atoms with Gasteiger partial charge in [-0.05, 0) is 30.7 Å². The summed E-state index contributed by atoms with van der Waals surface area (Å²) in [7, 11) is 0. The number of aryl methyl sites for hydroxylation is 1. The van der Waals surface area contributed by atoms with Gasteiger partial charge in [0.2, 0.25) is 0 Å². The molecule has 0 saturated carbocycles. The predicted molar refractivity (Wildman–Crippen MR) is 128 cm³/mol. The first-order valence-corrected chi connectivity index (χ1v) is 11.3. The van der Waals surface area contributed by atoms with Crippen LogP contribution in [-0.2, 0) is 6.54 Å². The number of para-hydroxylation sites is 1. The largest absolute Gasteiger partial charge is 0.360 e. The molecule has 33 heavy (non-hydrogen) atoms. The Morgan fingerprint density at radius 2 is 1.82 bits per heavy atom. The van der Waals surface area contributed by atoms with E-state index in [-0.39, 0.29) is 18.0 Å². The molecule has 0 unspecified atom stereocenters. The second kappa shape index (κ2) is 8.77. The number of carbonyl (C=O) groups excluding carboxylic acids is 1. The van der Waals surface area contributed by atoms with E-state index in [9.17, 15) is 9.18 Å². The van der Waals surface area contributed by atoms with Crippen LogP contribution in [-0.4, -0.2) is 16.0 Å². The smallest absolute Gasteiger partial charge is 0.266 e. The zero-order chi connectivity index (χ0) is 22.9. The van der Waals surface area contributed by atoms with Crippen molar-refractivity contribution in [3.63, 3.8) is 0 Å². The molecule has 0 aliphatic rings. The van der Waals surface area contributed by atoms with Gasteiger partial charge in [-0.1, -0.05) is 82.7 Å². The first-order chi connectivity index (χ1) is 16.0. The third-order valence-electron chi connectivity index (χ3n) is 5.22. The molecule has 2 aromatic heterocycles. The number of amides is 1. The Kier molecular flexibility index (Phi) is 5.66. The number of benzene rings is 3. The van der Waals surface area contributed by atoms with Gasteiger partial charge in [0.1, 0.15) is 28.4 Å². The highest BCUT2D eigenvalue weighted by Crippen LogP contribution is 2.36. The summed E-state index contributed by atoms with van der Waals surface area (Å²) in [5.74, 6) is -0.424. The summed E-state index contributed by atoms with van der Waals surface area (Å²) in [6.45, 7) is 1.92. The van der Waals surface area contributed by atoms with Crippen LogP contribution in [0, 0.1) is 12.7 Å². The summed E-state index contributed by atoms with van der Waals surface area (Å²) < 4.78 is 20.4. The third-order valence-corrected chi connectivity index (χ3v) is 6.60. The van der Waals surface area contributed by atoms with E-state index >= 15 is 0 Å². The number of rotatable bonds is 5.